The zero-order chi connectivity index (χ0) is 26.6. The molecule has 6 rings (SSSR count). The Hall–Kier alpha value is -3.82. The minimum atomic E-state index is -0.231. The second kappa shape index (κ2) is 11.5. The topological polar surface area (TPSA) is 105 Å². The van der Waals surface area contributed by atoms with Crippen LogP contribution in [0.4, 0.5) is 21.7 Å². The average Bonchev–Trinajstić information content (AvgIpc) is 3.68. The van der Waals surface area contributed by atoms with E-state index < -0.39 is 0 Å². The standard InChI is InChI=1S/C29H35FN8O/c1-39-25-12-9-21-18-31-29(33-28(21)27(25)20-6-2-3-7-20)32-22-10-11-24(23(30)17-22)38-15-13-19(14-16-38)5-4-8-26-34-36-37-35-26/h9-12,17-20H,2-8,13-16H2,1H3,(H,31,32,33)(H,34,35,36,37). The van der Waals surface area contributed by atoms with E-state index in [-0.39, 0.29) is 5.82 Å². The average molecular weight is 531 g/mol. The second-order valence-corrected chi connectivity index (χ2v) is 10.8. The molecule has 1 aliphatic heterocycles. The normalized spacial score (nSPS) is 16.7. The number of rotatable bonds is 9. The minimum Gasteiger partial charge on any atom is -0.496 e. The van der Waals surface area contributed by atoms with Crippen molar-refractivity contribution in [1.29, 1.82) is 0 Å². The number of benzene rings is 2. The van der Waals surface area contributed by atoms with Gasteiger partial charge in [-0.05, 0) is 91.1 Å². The maximum atomic E-state index is 15.3. The zero-order valence-electron chi connectivity index (χ0n) is 22.4. The van der Waals surface area contributed by atoms with Crippen LogP contribution >= 0.6 is 0 Å². The zero-order valence-corrected chi connectivity index (χ0v) is 22.4. The molecule has 4 aromatic rings. The molecular weight excluding hydrogens is 495 g/mol. The van der Waals surface area contributed by atoms with Gasteiger partial charge in [0.1, 0.15) is 17.4 Å². The van der Waals surface area contributed by atoms with Crippen LogP contribution in [0.15, 0.2) is 36.5 Å². The highest BCUT2D eigenvalue weighted by Crippen LogP contribution is 2.42. The van der Waals surface area contributed by atoms with Crippen LogP contribution in [0.5, 0.6) is 5.75 Å². The molecule has 9 nitrogen and oxygen atoms in total. The van der Waals surface area contributed by atoms with Crippen molar-refractivity contribution in [1.82, 2.24) is 30.6 Å². The number of halogens is 1. The van der Waals surface area contributed by atoms with Crippen molar-refractivity contribution in [2.45, 2.75) is 63.7 Å². The highest BCUT2D eigenvalue weighted by Gasteiger charge is 2.25. The first-order chi connectivity index (χ1) is 19.2. The van der Waals surface area contributed by atoms with Crippen molar-refractivity contribution < 1.29 is 9.13 Å². The van der Waals surface area contributed by atoms with E-state index in [1.165, 1.54) is 12.8 Å². The van der Waals surface area contributed by atoms with Crippen LogP contribution in [-0.2, 0) is 6.42 Å². The number of aryl methyl sites for hydroxylation is 1. The van der Waals surface area contributed by atoms with Crippen molar-refractivity contribution in [3.05, 3.63) is 53.7 Å². The van der Waals surface area contributed by atoms with Crippen molar-refractivity contribution in [2.75, 3.05) is 30.4 Å². The number of anilines is 3. The number of nitrogens with one attached hydrogen (secondary N) is 2. The van der Waals surface area contributed by atoms with Crippen LogP contribution < -0.4 is 15.0 Å². The monoisotopic (exact) mass is 530 g/mol. The molecule has 0 amide bonds. The quantitative estimate of drug-likeness (QED) is 0.274. The number of H-pyrrole nitrogens is 1. The first-order valence-electron chi connectivity index (χ1n) is 14.1. The minimum absolute atomic E-state index is 0.231. The number of nitrogens with zero attached hydrogens (tertiary/aromatic N) is 6. The third kappa shape index (κ3) is 5.65. The predicted octanol–water partition coefficient (Wildman–Crippen LogP) is 5.93. The van der Waals surface area contributed by atoms with Gasteiger partial charge in [0.2, 0.25) is 5.95 Å². The fourth-order valence-corrected chi connectivity index (χ4v) is 6.22. The molecule has 2 aromatic carbocycles. The predicted molar refractivity (Wildman–Crippen MR) is 149 cm³/mol. The van der Waals surface area contributed by atoms with E-state index >= 15 is 4.39 Å². The van der Waals surface area contributed by atoms with Crippen molar-refractivity contribution in [3.63, 3.8) is 0 Å². The molecule has 0 atom stereocenters. The number of hydrogen-bond donors (Lipinski definition) is 2. The van der Waals surface area contributed by atoms with E-state index in [0.29, 0.717) is 29.2 Å². The molecule has 0 bridgehead atoms. The Morgan fingerprint density at radius 2 is 1.95 bits per heavy atom. The summed E-state index contributed by atoms with van der Waals surface area (Å²) in [6.45, 7) is 1.72. The van der Waals surface area contributed by atoms with Crippen LogP contribution in [0.3, 0.4) is 0 Å². The molecule has 0 unspecified atom stereocenters. The maximum Gasteiger partial charge on any atom is 0.227 e. The molecule has 0 radical (unpaired) electrons. The Kier molecular flexibility index (Phi) is 7.51. The first-order valence-corrected chi connectivity index (χ1v) is 14.1. The Labute approximate surface area is 227 Å². The van der Waals surface area contributed by atoms with Crippen molar-refractivity contribution in [3.8, 4) is 5.75 Å². The summed E-state index contributed by atoms with van der Waals surface area (Å²) in [5.41, 5.74) is 3.37. The van der Waals surface area contributed by atoms with E-state index in [1.807, 2.05) is 30.5 Å². The molecule has 0 spiro atoms. The van der Waals surface area contributed by atoms with Gasteiger partial charge < -0.3 is 15.0 Å². The fourth-order valence-electron chi connectivity index (χ4n) is 6.22. The van der Waals surface area contributed by atoms with Gasteiger partial charge in [0.25, 0.3) is 0 Å². The van der Waals surface area contributed by atoms with Crippen LogP contribution in [0, 0.1) is 11.7 Å². The Morgan fingerprint density at radius 3 is 2.69 bits per heavy atom. The molecule has 3 heterocycles. The van der Waals surface area contributed by atoms with Gasteiger partial charge in [-0.25, -0.2) is 19.5 Å². The summed E-state index contributed by atoms with van der Waals surface area (Å²) in [6.07, 6.45) is 11.8. The summed E-state index contributed by atoms with van der Waals surface area (Å²) >= 11 is 0. The number of tetrazole rings is 1. The van der Waals surface area contributed by atoms with Crippen LogP contribution in [0.1, 0.15) is 68.7 Å². The van der Waals surface area contributed by atoms with Crippen LogP contribution in [-0.4, -0.2) is 50.8 Å². The Bertz CT molecular complexity index is 1400. The van der Waals surface area contributed by atoms with E-state index in [0.717, 1.165) is 86.1 Å². The summed E-state index contributed by atoms with van der Waals surface area (Å²) in [7, 11) is 1.71. The molecule has 1 aliphatic carbocycles. The van der Waals surface area contributed by atoms with Gasteiger partial charge in [-0.15, -0.1) is 5.10 Å². The number of aromatic amines is 1. The van der Waals surface area contributed by atoms with Crippen molar-refractivity contribution >= 4 is 28.2 Å². The van der Waals surface area contributed by atoms with E-state index in [1.54, 1.807) is 13.2 Å². The smallest absolute Gasteiger partial charge is 0.227 e. The molecule has 10 heteroatoms. The number of methoxy groups -OCH3 is 1. The van der Waals surface area contributed by atoms with Crippen molar-refractivity contribution in [2.24, 2.45) is 5.92 Å². The van der Waals surface area contributed by atoms with Crippen LogP contribution in [0.2, 0.25) is 0 Å². The number of aromatic nitrogens is 6. The second-order valence-electron chi connectivity index (χ2n) is 10.8. The lowest BCUT2D eigenvalue weighted by atomic mass is 9.91. The number of fused-ring (bicyclic) bond motifs is 1. The first kappa shape index (κ1) is 25.5. The lowest BCUT2D eigenvalue weighted by Crippen LogP contribution is -2.34. The largest absolute Gasteiger partial charge is 0.496 e. The molecule has 39 heavy (non-hydrogen) atoms. The summed E-state index contributed by atoms with van der Waals surface area (Å²) < 4.78 is 21.0. The Morgan fingerprint density at radius 1 is 1.10 bits per heavy atom. The third-order valence-electron chi connectivity index (χ3n) is 8.31. The van der Waals surface area contributed by atoms with Gasteiger partial charge in [-0.2, -0.15) is 0 Å². The molecule has 2 N–H and O–H groups in total. The van der Waals surface area contributed by atoms with Gasteiger partial charge in [-0.3, -0.25) is 0 Å². The van der Waals surface area contributed by atoms with E-state index in [2.05, 4.69) is 35.8 Å². The van der Waals surface area contributed by atoms with Gasteiger partial charge >= 0.3 is 0 Å². The van der Waals surface area contributed by atoms with E-state index in [9.17, 15) is 0 Å². The third-order valence-corrected chi connectivity index (χ3v) is 8.31. The number of piperidine rings is 1. The lowest BCUT2D eigenvalue weighted by molar-refractivity contribution is 0.370. The molecule has 1 saturated carbocycles. The van der Waals surface area contributed by atoms with Gasteiger partial charge in [-0.1, -0.05) is 12.8 Å². The highest BCUT2D eigenvalue weighted by molar-refractivity contribution is 5.85. The van der Waals surface area contributed by atoms with Crippen LogP contribution in [0.25, 0.3) is 10.9 Å². The van der Waals surface area contributed by atoms with Gasteiger partial charge in [0.15, 0.2) is 0 Å². The van der Waals surface area contributed by atoms with E-state index in [4.69, 9.17) is 9.72 Å². The van der Waals surface area contributed by atoms with Gasteiger partial charge in [0.05, 0.1) is 18.3 Å². The number of ether oxygens (including phenoxy) is 1. The molecule has 2 fully saturated rings. The van der Waals surface area contributed by atoms with Gasteiger partial charge in [0, 0.05) is 42.3 Å². The summed E-state index contributed by atoms with van der Waals surface area (Å²) in [5, 5.41) is 18.2. The molecule has 204 valence electrons. The Balaban J connectivity index is 1.11. The number of hydrogen-bond acceptors (Lipinski definition) is 8. The molecule has 2 aromatic heterocycles. The summed E-state index contributed by atoms with van der Waals surface area (Å²) in [6, 6.07) is 9.33. The lowest BCUT2D eigenvalue weighted by Gasteiger charge is -2.34. The summed E-state index contributed by atoms with van der Waals surface area (Å²) in [5.74, 6) is 3.04. The molecule has 1 saturated heterocycles. The fraction of sp³-hybridized carbons (Fsp3) is 0.483. The molecule has 2 aliphatic rings. The molecular formula is C29H35FN8O. The summed E-state index contributed by atoms with van der Waals surface area (Å²) in [4.78, 5) is 11.5. The highest BCUT2D eigenvalue weighted by atomic mass is 19.1. The SMILES string of the molecule is COc1ccc2cnc(Nc3ccc(N4CCC(CCCc5nnn[nH]5)CC4)c(F)c3)nc2c1C1CCCC1. The maximum absolute atomic E-state index is 15.3.